The van der Waals surface area contributed by atoms with Crippen LogP contribution in [0.2, 0.25) is 0 Å². The first-order chi connectivity index (χ1) is 14.3. The van der Waals surface area contributed by atoms with E-state index in [0.717, 1.165) is 53.2 Å². The monoisotopic (exact) mass is 435 g/mol. The first-order valence-corrected chi connectivity index (χ1v) is 10.7. The van der Waals surface area contributed by atoms with Gasteiger partial charge in [0.05, 0.1) is 21.7 Å². The minimum atomic E-state index is 0. The van der Waals surface area contributed by atoms with E-state index >= 15 is 0 Å². The molecule has 2 aromatic carbocycles. The average molecular weight is 436 g/mol. The smallest absolute Gasteiger partial charge is 0.254 e. The van der Waals surface area contributed by atoms with Gasteiger partial charge in [-0.15, -0.1) is 23.7 Å². The number of halogens is 1. The highest BCUT2D eigenvalue weighted by molar-refractivity contribution is 7.13. The number of hydrogen-bond acceptors (Lipinski definition) is 4. The number of carbonyl (C=O) groups is 1. The standard InChI is InChI=1S/C24H21N3OS.ClH/c28-24(27-14-12-26(13-15-27)18-7-2-1-3-8-18)20-17-22(23-11-6-16-29-23)25-21-10-5-4-9-19(20)21;/h1-11,16-17H,12-15H2;1H. The van der Waals surface area contributed by atoms with Crippen LogP contribution in [0.4, 0.5) is 5.69 Å². The summed E-state index contributed by atoms with van der Waals surface area (Å²) in [4.78, 5) is 23.6. The Balaban J connectivity index is 0.00000218. The molecule has 1 aliphatic heterocycles. The molecule has 5 rings (SSSR count). The number of carbonyl (C=O) groups excluding carboxylic acids is 1. The van der Waals surface area contributed by atoms with Gasteiger partial charge in [-0.1, -0.05) is 42.5 Å². The largest absolute Gasteiger partial charge is 0.368 e. The van der Waals surface area contributed by atoms with Gasteiger partial charge in [0.1, 0.15) is 0 Å². The number of thiophene rings is 1. The summed E-state index contributed by atoms with van der Waals surface area (Å²) < 4.78 is 0. The predicted molar refractivity (Wildman–Crippen MR) is 127 cm³/mol. The molecular formula is C24H22ClN3OS. The Hall–Kier alpha value is -2.89. The number of fused-ring (bicyclic) bond motifs is 1. The number of para-hydroxylation sites is 2. The van der Waals surface area contributed by atoms with Crippen LogP contribution in [0, 0.1) is 0 Å². The van der Waals surface area contributed by atoms with Crippen LogP contribution < -0.4 is 4.90 Å². The van der Waals surface area contributed by atoms with Crippen LogP contribution in [-0.2, 0) is 0 Å². The van der Waals surface area contributed by atoms with E-state index in [1.807, 2.05) is 52.7 Å². The molecule has 0 spiro atoms. The van der Waals surface area contributed by atoms with Gasteiger partial charge in [-0.3, -0.25) is 4.79 Å². The highest BCUT2D eigenvalue weighted by Crippen LogP contribution is 2.29. The van der Waals surface area contributed by atoms with E-state index in [1.54, 1.807) is 11.3 Å². The Labute approximate surface area is 186 Å². The lowest BCUT2D eigenvalue weighted by Crippen LogP contribution is -2.48. The molecule has 0 saturated carbocycles. The van der Waals surface area contributed by atoms with E-state index in [2.05, 4.69) is 35.2 Å². The molecule has 1 aliphatic rings. The summed E-state index contributed by atoms with van der Waals surface area (Å²) in [5.74, 6) is 0.0918. The molecule has 1 fully saturated rings. The lowest BCUT2D eigenvalue weighted by Gasteiger charge is -2.36. The maximum atomic E-state index is 13.5. The van der Waals surface area contributed by atoms with Gasteiger partial charge in [0.25, 0.3) is 5.91 Å². The SMILES string of the molecule is Cl.O=C(c1cc(-c2cccs2)nc2ccccc12)N1CCN(c2ccccc2)CC1. The first-order valence-electron chi connectivity index (χ1n) is 9.82. The van der Waals surface area contributed by atoms with Crippen LogP contribution in [0.25, 0.3) is 21.5 Å². The summed E-state index contributed by atoms with van der Waals surface area (Å²) in [6.07, 6.45) is 0. The zero-order valence-corrected chi connectivity index (χ0v) is 18.0. The fraction of sp³-hybridized carbons (Fsp3) is 0.167. The third-order valence-corrected chi connectivity index (χ3v) is 6.30. The second-order valence-corrected chi connectivity index (χ2v) is 8.11. The molecule has 0 N–H and O–H groups in total. The summed E-state index contributed by atoms with van der Waals surface area (Å²) in [6.45, 7) is 3.13. The van der Waals surface area contributed by atoms with E-state index < -0.39 is 0 Å². The van der Waals surface area contributed by atoms with Gasteiger partial charge in [-0.25, -0.2) is 4.98 Å². The Morgan fingerprint density at radius 3 is 2.33 bits per heavy atom. The molecule has 0 radical (unpaired) electrons. The lowest BCUT2D eigenvalue weighted by atomic mass is 10.1. The first kappa shape index (κ1) is 20.4. The van der Waals surface area contributed by atoms with Crippen molar-refractivity contribution in [3.63, 3.8) is 0 Å². The molecular weight excluding hydrogens is 414 g/mol. The third-order valence-electron chi connectivity index (χ3n) is 5.41. The van der Waals surface area contributed by atoms with Crippen molar-refractivity contribution in [2.75, 3.05) is 31.1 Å². The Kier molecular flexibility index (Phi) is 6.02. The maximum absolute atomic E-state index is 13.5. The van der Waals surface area contributed by atoms with Gasteiger partial charge >= 0.3 is 0 Å². The number of pyridine rings is 1. The number of nitrogens with zero attached hydrogens (tertiary/aromatic N) is 3. The van der Waals surface area contributed by atoms with Gasteiger partial charge < -0.3 is 9.80 Å². The summed E-state index contributed by atoms with van der Waals surface area (Å²) in [5.41, 5.74) is 3.69. The maximum Gasteiger partial charge on any atom is 0.254 e. The van der Waals surface area contributed by atoms with Crippen molar-refractivity contribution in [2.24, 2.45) is 0 Å². The molecule has 6 heteroatoms. The summed E-state index contributed by atoms with van der Waals surface area (Å²) >= 11 is 1.64. The molecule has 0 aliphatic carbocycles. The van der Waals surface area contributed by atoms with Crippen LogP contribution in [0.1, 0.15) is 10.4 Å². The van der Waals surface area contributed by atoms with Gasteiger partial charge in [0.15, 0.2) is 0 Å². The molecule has 30 heavy (non-hydrogen) atoms. The molecule has 1 amide bonds. The fourth-order valence-corrected chi connectivity index (χ4v) is 4.57. The topological polar surface area (TPSA) is 36.4 Å². The van der Waals surface area contributed by atoms with Gasteiger partial charge in [-0.05, 0) is 35.7 Å². The molecule has 4 aromatic rings. The third kappa shape index (κ3) is 3.91. The van der Waals surface area contributed by atoms with E-state index in [-0.39, 0.29) is 18.3 Å². The fourth-order valence-electron chi connectivity index (χ4n) is 3.88. The molecule has 0 bridgehead atoms. The van der Waals surface area contributed by atoms with Gasteiger partial charge in [0.2, 0.25) is 0 Å². The quantitative estimate of drug-likeness (QED) is 0.435. The number of benzene rings is 2. The Bertz CT molecular complexity index is 1140. The van der Waals surface area contributed by atoms with Crippen LogP contribution in [-0.4, -0.2) is 42.0 Å². The zero-order valence-electron chi connectivity index (χ0n) is 16.4. The number of piperazine rings is 1. The van der Waals surface area contributed by atoms with Crippen LogP contribution in [0.3, 0.4) is 0 Å². The van der Waals surface area contributed by atoms with Gasteiger partial charge in [-0.2, -0.15) is 0 Å². The van der Waals surface area contributed by atoms with E-state index in [4.69, 9.17) is 4.98 Å². The number of amides is 1. The predicted octanol–water partition coefficient (Wildman–Crippen LogP) is 5.35. The molecule has 4 nitrogen and oxygen atoms in total. The molecule has 0 unspecified atom stereocenters. The average Bonchev–Trinajstić information content (AvgIpc) is 3.34. The van der Waals surface area contributed by atoms with E-state index in [1.165, 1.54) is 5.69 Å². The summed E-state index contributed by atoms with van der Waals surface area (Å²) in [5, 5.41) is 2.96. The van der Waals surface area contributed by atoms with Crippen molar-refractivity contribution in [2.45, 2.75) is 0 Å². The molecule has 152 valence electrons. The van der Waals surface area contributed by atoms with Crippen LogP contribution in [0.5, 0.6) is 0 Å². The number of aromatic nitrogens is 1. The van der Waals surface area contributed by atoms with E-state index in [9.17, 15) is 4.79 Å². The van der Waals surface area contributed by atoms with Crippen molar-refractivity contribution >= 4 is 46.2 Å². The van der Waals surface area contributed by atoms with Crippen LogP contribution in [0.15, 0.2) is 78.2 Å². The van der Waals surface area contributed by atoms with Crippen molar-refractivity contribution in [3.8, 4) is 10.6 Å². The van der Waals surface area contributed by atoms with Gasteiger partial charge in [0, 0.05) is 37.3 Å². The summed E-state index contributed by atoms with van der Waals surface area (Å²) in [7, 11) is 0. The van der Waals surface area contributed by atoms with Crippen molar-refractivity contribution in [1.29, 1.82) is 0 Å². The summed E-state index contributed by atoms with van der Waals surface area (Å²) in [6, 6.07) is 24.3. The minimum absolute atomic E-state index is 0. The van der Waals surface area contributed by atoms with E-state index in [0.29, 0.717) is 0 Å². The lowest BCUT2D eigenvalue weighted by molar-refractivity contribution is 0.0748. The highest BCUT2D eigenvalue weighted by Gasteiger charge is 2.24. The van der Waals surface area contributed by atoms with Crippen molar-refractivity contribution in [1.82, 2.24) is 9.88 Å². The van der Waals surface area contributed by atoms with Crippen molar-refractivity contribution in [3.05, 3.63) is 83.7 Å². The number of rotatable bonds is 3. The van der Waals surface area contributed by atoms with Crippen LogP contribution >= 0.6 is 23.7 Å². The number of hydrogen-bond donors (Lipinski definition) is 0. The normalized spacial score (nSPS) is 13.9. The second-order valence-electron chi connectivity index (χ2n) is 7.16. The minimum Gasteiger partial charge on any atom is -0.368 e. The molecule has 0 atom stereocenters. The zero-order chi connectivity index (χ0) is 19.6. The van der Waals surface area contributed by atoms with Crippen molar-refractivity contribution < 1.29 is 4.79 Å². The molecule has 2 aromatic heterocycles. The second kappa shape index (κ2) is 8.86. The molecule has 1 saturated heterocycles. The molecule has 3 heterocycles. The number of anilines is 1. The Morgan fingerprint density at radius 2 is 1.60 bits per heavy atom. The highest BCUT2D eigenvalue weighted by atomic mass is 35.5. The Morgan fingerprint density at radius 1 is 0.867 bits per heavy atom.